The molecule has 1 fully saturated rings. The first kappa shape index (κ1) is 21.2. The molecule has 0 spiro atoms. The summed E-state index contributed by atoms with van der Waals surface area (Å²) in [4.78, 5) is 0. The minimum absolute atomic E-state index is 0.199. The van der Waals surface area contributed by atoms with Gasteiger partial charge in [-0.15, -0.1) is 0 Å². The summed E-state index contributed by atoms with van der Waals surface area (Å²) in [6, 6.07) is 13.7. The summed E-state index contributed by atoms with van der Waals surface area (Å²) in [5, 5.41) is 0. The van der Waals surface area contributed by atoms with Crippen LogP contribution in [0.3, 0.4) is 0 Å². The topological polar surface area (TPSA) is 0 Å². The summed E-state index contributed by atoms with van der Waals surface area (Å²) in [5.74, 6) is 0.579. The molecule has 0 aromatic heterocycles. The van der Waals surface area contributed by atoms with Gasteiger partial charge < -0.3 is 0 Å². The van der Waals surface area contributed by atoms with Crippen molar-refractivity contribution in [2.75, 3.05) is 0 Å². The Morgan fingerprint density at radius 2 is 1.89 bits per heavy atom. The molecule has 2 atom stereocenters. The van der Waals surface area contributed by atoms with E-state index in [2.05, 4.69) is 56.8 Å². The molecule has 0 N–H and O–H groups in total. The van der Waals surface area contributed by atoms with Gasteiger partial charge in [0.2, 0.25) is 0 Å². The highest BCUT2D eigenvalue weighted by molar-refractivity contribution is 5.74. The van der Waals surface area contributed by atoms with Gasteiger partial charge in [0.1, 0.15) is 5.82 Å². The Kier molecular flexibility index (Phi) is 7.18. The van der Waals surface area contributed by atoms with Crippen LogP contribution in [0.25, 0.3) is 5.57 Å². The number of allylic oxidation sites excluding steroid dienone is 3. The molecule has 144 valence electrons. The van der Waals surface area contributed by atoms with Crippen LogP contribution in [-0.2, 0) is 11.8 Å². The van der Waals surface area contributed by atoms with Gasteiger partial charge in [0.15, 0.2) is 0 Å². The predicted molar refractivity (Wildman–Crippen MR) is 117 cm³/mol. The maximum absolute atomic E-state index is 13.3. The molecule has 3 rings (SSSR count). The van der Waals surface area contributed by atoms with Crippen molar-refractivity contribution >= 4 is 5.57 Å². The molecule has 2 aromatic carbocycles. The number of halogens is 1. The summed E-state index contributed by atoms with van der Waals surface area (Å²) in [5.41, 5.74) is 6.17. The molecule has 2 unspecified atom stereocenters. The third kappa shape index (κ3) is 4.58. The number of aryl methyl sites for hydroxylation is 1. The molecule has 0 bridgehead atoms. The van der Waals surface area contributed by atoms with Crippen molar-refractivity contribution in [1.82, 2.24) is 0 Å². The van der Waals surface area contributed by atoms with Crippen LogP contribution < -0.4 is 0 Å². The quantitative estimate of drug-likeness (QED) is 0.461. The molecule has 0 aliphatic heterocycles. The zero-order chi connectivity index (χ0) is 20.0. The average Bonchev–Trinajstić information content (AvgIpc) is 3.34. The van der Waals surface area contributed by atoms with E-state index in [1.54, 1.807) is 6.07 Å². The van der Waals surface area contributed by atoms with E-state index in [-0.39, 0.29) is 5.82 Å². The lowest BCUT2D eigenvalue weighted by Gasteiger charge is -2.18. The molecule has 27 heavy (non-hydrogen) atoms. The third-order valence-electron chi connectivity index (χ3n) is 5.83. The maximum atomic E-state index is 13.3. The number of hydrogen-bond donors (Lipinski definition) is 0. The molecule has 0 heterocycles. The summed E-state index contributed by atoms with van der Waals surface area (Å²) in [7, 11) is 0. The van der Waals surface area contributed by atoms with Crippen molar-refractivity contribution in [3.63, 3.8) is 0 Å². The van der Waals surface area contributed by atoms with Crippen LogP contribution in [0.15, 0.2) is 61.2 Å². The number of benzene rings is 2. The minimum Gasteiger partial charge on any atom is -0.207 e. The van der Waals surface area contributed by atoms with Crippen LogP contribution in [0.1, 0.15) is 62.8 Å². The standard InChI is InChI=1S/C24H27F.C2H6/c1-5-24(16-19(24)4)23-12-7-6-10-20(23)11-8-9-17(2)22-14-13-21(25)15-18(22)3;1-2/h6-10,12-15,19H,2,5,11,16H2,1,3-4H3;1-2H3/b9-8-;. The van der Waals surface area contributed by atoms with E-state index in [1.165, 1.54) is 30.0 Å². The van der Waals surface area contributed by atoms with Crippen molar-refractivity contribution < 1.29 is 4.39 Å². The van der Waals surface area contributed by atoms with Crippen LogP contribution in [0.2, 0.25) is 0 Å². The van der Waals surface area contributed by atoms with Crippen LogP contribution in [0, 0.1) is 18.7 Å². The molecular weight excluding hydrogens is 331 g/mol. The molecule has 0 nitrogen and oxygen atoms in total. The Morgan fingerprint density at radius 1 is 1.22 bits per heavy atom. The zero-order valence-corrected chi connectivity index (χ0v) is 17.5. The van der Waals surface area contributed by atoms with Crippen molar-refractivity contribution in [3.8, 4) is 0 Å². The SMILES string of the molecule is C=C(/C=C\Cc1ccccc1C1(CC)CC1C)c1ccc(F)cc1C.CC. The van der Waals surface area contributed by atoms with Crippen molar-refractivity contribution in [2.24, 2.45) is 5.92 Å². The summed E-state index contributed by atoms with van der Waals surface area (Å²) >= 11 is 0. The highest BCUT2D eigenvalue weighted by Gasteiger charge is 2.51. The molecule has 1 aliphatic carbocycles. The van der Waals surface area contributed by atoms with Gasteiger partial charge in [-0.25, -0.2) is 4.39 Å². The van der Waals surface area contributed by atoms with E-state index in [0.717, 1.165) is 29.0 Å². The summed E-state index contributed by atoms with van der Waals surface area (Å²) in [6.45, 7) is 14.7. The predicted octanol–water partition coefficient (Wildman–Crippen LogP) is 7.66. The fourth-order valence-electron chi connectivity index (χ4n) is 4.14. The van der Waals surface area contributed by atoms with Gasteiger partial charge in [-0.05, 0) is 77.5 Å². The zero-order valence-electron chi connectivity index (χ0n) is 17.5. The monoisotopic (exact) mass is 364 g/mol. The fraction of sp³-hybridized carbons (Fsp3) is 0.385. The normalized spacial score (nSPS) is 20.9. The lowest BCUT2D eigenvalue weighted by atomic mass is 9.86. The average molecular weight is 365 g/mol. The van der Waals surface area contributed by atoms with Crippen LogP contribution in [0.4, 0.5) is 4.39 Å². The first-order valence-electron chi connectivity index (χ1n) is 10.2. The smallest absolute Gasteiger partial charge is 0.123 e. The molecule has 1 heteroatoms. The van der Waals surface area contributed by atoms with Gasteiger partial charge in [-0.3, -0.25) is 0 Å². The maximum Gasteiger partial charge on any atom is 0.123 e. The lowest BCUT2D eigenvalue weighted by molar-refractivity contribution is 0.602. The van der Waals surface area contributed by atoms with E-state index >= 15 is 0 Å². The Morgan fingerprint density at radius 3 is 2.48 bits per heavy atom. The van der Waals surface area contributed by atoms with Crippen LogP contribution >= 0.6 is 0 Å². The second-order valence-electron chi connectivity index (χ2n) is 7.36. The summed E-state index contributed by atoms with van der Waals surface area (Å²) < 4.78 is 13.3. The first-order valence-corrected chi connectivity index (χ1v) is 10.2. The second-order valence-corrected chi connectivity index (χ2v) is 7.36. The Balaban J connectivity index is 0.00000126. The highest BCUT2D eigenvalue weighted by atomic mass is 19.1. The lowest BCUT2D eigenvalue weighted by Crippen LogP contribution is -2.10. The van der Waals surface area contributed by atoms with Crippen molar-refractivity contribution in [2.45, 2.75) is 59.3 Å². The minimum atomic E-state index is -0.199. The van der Waals surface area contributed by atoms with E-state index in [9.17, 15) is 4.39 Å². The van der Waals surface area contributed by atoms with Gasteiger partial charge in [-0.1, -0.05) is 76.8 Å². The Bertz CT molecular complexity index is 811. The van der Waals surface area contributed by atoms with E-state index in [4.69, 9.17) is 0 Å². The number of rotatable bonds is 6. The Labute approximate surface area is 164 Å². The number of hydrogen-bond acceptors (Lipinski definition) is 0. The van der Waals surface area contributed by atoms with Gasteiger partial charge in [0.05, 0.1) is 0 Å². The van der Waals surface area contributed by atoms with E-state index < -0.39 is 0 Å². The molecule has 0 radical (unpaired) electrons. The molecule has 1 saturated carbocycles. The van der Waals surface area contributed by atoms with Gasteiger partial charge in [0, 0.05) is 0 Å². The van der Waals surface area contributed by atoms with Crippen LogP contribution in [0.5, 0.6) is 0 Å². The molecule has 0 saturated heterocycles. The van der Waals surface area contributed by atoms with Gasteiger partial charge >= 0.3 is 0 Å². The fourth-order valence-corrected chi connectivity index (χ4v) is 4.14. The van der Waals surface area contributed by atoms with Crippen molar-refractivity contribution in [1.29, 1.82) is 0 Å². The molecule has 1 aliphatic rings. The van der Waals surface area contributed by atoms with Gasteiger partial charge in [-0.2, -0.15) is 0 Å². The summed E-state index contributed by atoms with van der Waals surface area (Å²) in [6.07, 6.45) is 7.65. The molecular formula is C26H33F. The highest BCUT2D eigenvalue weighted by Crippen LogP contribution is 2.57. The first-order chi connectivity index (χ1) is 13.0. The van der Waals surface area contributed by atoms with Crippen molar-refractivity contribution in [3.05, 3.63) is 89.3 Å². The van der Waals surface area contributed by atoms with E-state index in [0.29, 0.717) is 5.41 Å². The van der Waals surface area contributed by atoms with Crippen LogP contribution in [-0.4, -0.2) is 0 Å². The largest absolute Gasteiger partial charge is 0.207 e. The molecule has 0 amide bonds. The van der Waals surface area contributed by atoms with E-state index in [1.807, 2.05) is 26.8 Å². The van der Waals surface area contributed by atoms with Gasteiger partial charge in [0.25, 0.3) is 0 Å². The molecule has 2 aromatic rings. The second kappa shape index (κ2) is 9.17. The third-order valence-corrected chi connectivity index (χ3v) is 5.83. The Hall–Kier alpha value is -2.15.